The predicted octanol–water partition coefficient (Wildman–Crippen LogP) is 1.14. The highest BCUT2D eigenvalue weighted by atomic mass is 32.1. The molecule has 1 fully saturated rings. The van der Waals surface area contributed by atoms with Crippen LogP contribution >= 0.6 is 11.3 Å². The van der Waals surface area contributed by atoms with Crippen LogP contribution in [-0.2, 0) is 0 Å². The summed E-state index contributed by atoms with van der Waals surface area (Å²) in [6.45, 7) is 1.88. The average Bonchev–Trinajstić information content (AvgIpc) is 2.70. The third-order valence-electron chi connectivity index (χ3n) is 2.65. The average molecular weight is 197 g/mol. The molecule has 0 amide bonds. The zero-order valence-corrected chi connectivity index (χ0v) is 8.39. The minimum Gasteiger partial charge on any atom is -0.330 e. The van der Waals surface area contributed by atoms with Crippen LogP contribution in [0.4, 0.5) is 0 Å². The standard InChI is InChI=1S/C9H15N3S/c10-4-7-2-1-3-12-9(7)8-5-11-6-13-8/h5-7,9,12H,1-4,10H2/t7-,9+/m0/s1. The molecule has 0 radical (unpaired) electrons. The third-order valence-corrected chi connectivity index (χ3v) is 3.51. The number of thiazole rings is 1. The Morgan fingerprint density at radius 2 is 2.62 bits per heavy atom. The van der Waals surface area contributed by atoms with Crippen LogP contribution in [0.1, 0.15) is 23.8 Å². The lowest BCUT2D eigenvalue weighted by atomic mass is 9.90. The van der Waals surface area contributed by atoms with Crippen LogP contribution < -0.4 is 11.1 Å². The fourth-order valence-corrected chi connectivity index (χ4v) is 2.71. The van der Waals surface area contributed by atoms with Gasteiger partial charge < -0.3 is 11.1 Å². The number of nitrogens with zero attached hydrogens (tertiary/aromatic N) is 1. The van der Waals surface area contributed by atoms with Crippen LogP contribution in [0.25, 0.3) is 0 Å². The second-order valence-electron chi connectivity index (χ2n) is 3.47. The minimum atomic E-state index is 0.450. The Labute approximate surface area is 82.4 Å². The fraction of sp³-hybridized carbons (Fsp3) is 0.667. The molecule has 1 aliphatic rings. The Morgan fingerprint density at radius 1 is 1.69 bits per heavy atom. The van der Waals surface area contributed by atoms with Crippen molar-refractivity contribution in [2.45, 2.75) is 18.9 Å². The monoisotopic (exact) mass is 197 g/mol. The SMILES string of the molecule is NC[C@@H]1CCCN[C@H]1c1cncs1. The lowest BCUT2D eigenvalue weighted by Crippen LogP contribution is -2.37. The van der Waals surface area contributed by atoms with Crippen LogP contribution in [0.2, 0.25) is 0 Å². The molecule has 4 heteroatoms. The number of nitrogens with two attached hydrogens (primary N) is 1. The second kappa shape index (κ2) is 4.17. The van der Waals surface area contributed by atoms with Gasteiger partial charge in [-0.05, 0) is 31.8 Å². The van der Waals surface area contributed by atoms with E-state index in [0.29, 0.717) is 12.0 Å². The predicted molar refractivity (Wildman–Crippen MR) is 54.6 cm³/mol. The van der Waals surface area contributed by atoms with Gasteiger partial charge in [-0.25, -0.2) is 0 Å². The Hall–Kier alpha value is -0.450. The van der Waals surface area contributed by atoms with Crippen molar-refractivity contribution in [1.29, 1.82) is 0 Å². The van der Waals surface area contributed by atoms with E-state index in [9.17, 15) is 0 Å². The molecular weight excluding hydrogens is 182 g/mol. The highest BCUT2D eigenvalue weighted by Crippen LogP contribution is 2.30. The van der Waals surface area contributed by atoms with Crippen molar-refractivity contribution in [2.24, 2.45) is 11.7 Å². The van der Waals surface area contributed by atoms with Gasteiger partial charge in [-0.2, -0.15) is 0 Å². The zero-order chi connectivity index (χ0) is 9.10. The molecule has 3 nitrogen and oxygen atoms in total. The number of nitrogens with one attached hydrogen (secondary N) is 1. The first kappa shape index (κ1) is 9.12. The summed E-state index contributed by atoms with van der Waals surface area (Å²) in [7, 11) is 0. The first-order valence-electron chi connectivity index (χ1n) is 4.73. The first-order chi connectivity index (χ1) is 6.42. The van der Waals surface area contributed by atoms with E-state index in [2.05, 4.69) is 10.3 Å². The van der Waals surface area contributed by atoms with Gasteiger partial charge in [-0.1, -0.05) is 0 Å². The summed E-state index contributed by atoms with van der Waals surface area (Å²) in [5, 5.41) is 3.51. The fourth-order valence-electron chi connectivity index (χ4n) is 1.92. The van der Waals surface area contributed by atoms with Gasteiger partial charge in [0.05, 0.1) is 5.51 Å². The Morgan fingerprint density at radius 3 is 3.31 bits per heavy atom. The molecule has 0 aromatic carbocycles. The molecular formula is C9H15N3S. The maximum atomic E-state index is 5.74. The number of rotatable bonds is 2. The molecule has 0 saturated carbocycles. The largest absolute Gasteiger partial charge is 0.330 e. The molecule has 1 aromatic heterocycles. The Kier molecular flexibility index (Phi) is 2.93. The highest BCUT2D eigenvalue weighted by Gasteiger charge is 2.25. The van der Waals surface area contributed by atoms with E-state index in [1.807, 2.05) is 11.7 Å². The molecule has 1 aliphatic heterocycles. The molecule has 13 heavy (non-hydrogen) atoms. The van der Waals surface area contributed by atoms with Crippen molar-refractivity contribution in [3.05, 3.63) is 16.6 Å². The van der Waals surface area contributed by atoms with Crippen LogP contribution in [0.5, 0.6) is 0 Å². The minimum absolute atomic E-state index is 0.450. The first-order valence-corrected chi connectivity index (χ1v) is 5.61. The molecule has 0 unspecified atom stereocenters. The van der Waals surface area contributed by atoms with E-state index in [0.717, 1.165) is 13.1 Å². The van der Waals surface area contributed by atoms with E-state index in [1.54, 1.807) is 11.3 Å². The summed E-state index contributed by atoms with van der Waals surface area (Å²) >= 11 is 1.72. The summed E-state index contributed by atoms with van der Waals surface area (Å²) in [4.78, 5) is 5.43. The summed E-state index contributed by atoms with van der Waals surface area (Å²) in [6.07, 6.45) is 4.44. The molecule has 3 N–H and O–H groups in total. The van der Waals surface area contributed by atoms with Gasteiger partial charge >= 0.3 is 0 Å². The summed E-state index contributed by atoms with van der Waals surface area (Å²) in [6, 6.07) is 0.450. The van der Waals surface area contributed by atoms with E-state index >= 15 is 0 Å². The molecule has 0 bridgehead atoms. The molecule has 0 spiro atoms. The molecule has 2 heterocycles. The lowest BCUT2D eigenvalue weighted by molar-refractivity contribution is 0.294. The Balaban J connectivity index is 2.11. The van der Waals surface area contributed by atoms with E-state index in [-0.39, 0.29) is 0 Å². The van der Waals surface area contributed by atoms with E-state index in [4.69, 9.17) is 5.73 Å². The Bertz CT molecular complexity index is 247. The lowest BCUT2D eigenvalue weighted by Gasteiger charge is -2.30. The van der Waals surface area contributed by atoms with Crippen molar-refractivity contribution in [1.82, 2.24) is 10.3 Å². The molecule has 0 aliphatic carbocycles. The van der Waals surface area contributed by atoms with Crippen molar-refractivity contribution >= 4 is 11.3 Å². The van der Waals surface area contributed by atoms with Gasteiger partial charge in [0.25, 0.3) is 0 Å². The van der Waals surface area contributed by atoms with Gasteiger partial charge in [0.15, 0.2) is 0 Å². The number of aromatic nitrogens is 1. The molecule has 2 rings (SSSR count). The van der Waals surface area contributed by atoms with Crippen molar-refractivity contribution < 1.29 is 0 Å². The van der Waals surface area contributed by atoms with Crippen molar-refractivity contribution in [2.75, 3.05) is 13.1 Å². The quantitative estimate of drug-likeness (QED) is 0.747. The van der Waals surface area contributed by atoms with Gasteiger partial charge in [-0.3, -0.25) is 4.98 Å². The maximum Gasteiger partial charge on any atom is 0.0794 e. The van der Waals surface area contributed by atoms with Crippen LogP contribution in [0.3, 0.4) is 0 Å². The molecule has 1 aromatic rings. The number of hydrogen-bond acceptors (Lipinski definition) is 4. The highest BCUT2D eigenvalue weighted by molar-refractivity contribution is 7.09. The summed E-state index contributed by atoms with van der Waals surface area (Å²) in [5.41, 5.74) is 7.63. The summed E-state index contributed by atoms with van der Waals surface area (Å²) in [5.74, 6) is 0.592. The van der Waals surface area contributed by atoms with Gasteiger partial charge in [-0.15, -0.1) is 11.3 Å². The smallest absolute Gasteiger partial charge is 0.0794 e. The zero-order valence-electron chi connectivity index (χ0n) is 7.57. The second-order valence-corrected chi connectivity index (χ2v) is 4.39. The van der Waals surface area contributed by atoms with Gasteiger partial charge in [0.2, 0.25) is 0 Å². The summed E-state index contributed by atoms with van der Waals surface area (Å²) < 4.78 is 0. The van der Waals surface area contributed by atoms with Crippen LogP contribution in [0, 0.1) is 5.92 Å². The number of piperidine rings is 1. The topological polar surface area (TPSA) is 50.9 Å². The molecule has 1 saturated heterocycles. The van der Waals surface area contributed by atoms with E-state index in [1.165, 1.54) is 17.7 Å². The van der Waals surface area contributed by atoms with Gasteiger partial charge in [0, 0.05) is 17.1 Å². The van der Waals surface area contributed by atoms with Gasteiger partial charge in [0.1, 0.15) is 0 Å². The maximum absolute atomic E-state index is 5.74. The number of hydrogen-bond donors (Lipinski definition) is 2. The normalized spacial score (nSPS) is 29.0. The van der Waals surface area contributed by atoms with E-state index < -0.39 is 0 Å². The van der Waals surface area contributed by atoms with Crippen molar-refractivity contribution in [3.63, 3.8) is 0 Å². The van der Waals surface area contributed by atoms with Crippen LogP contribution in [0.15, 0.2) is 11.7 Å². The third kappa shape index (κ3) is 1.90. The molecule has 2 atom stereocenters. The van der Waals surface area contributed by atoms with Crippen LogP contribution in [-0.4, -0.2) is 18.1 Å². The molecule has 72 valence electrons. The van der Waals surface area contributed by atoms with Crippen molar-refractivity contribution in [3.8, 4) is 0 Å².